The van der Waals surface area contributed by atoms with Crippen molar-refractivity contribution in [2.45, 2.75) is 65.0 Å². The van der Waals surface area contributed by atoms with Gasteiger partial charge in [0.2, 0.25) is 0 Å². The van der Waals surface area contributed by atoms with E-state index in [-0.39, 0.29) is 11.6 Å². The molecular formula is C13H25NO2. The smallest absolute Gasteiger partial charge is 0.410 e. The quantitative estimate of drug-likeness (QED) is 0.739. The van der Waals surface area contributed by atoms with Crippen LogP contribution in [-0.4, -0.2) is 29.2 Å². The number of carbonyl (C=O) groups is 1. The topological polar surface area (TPSA) is 29.5 Å². The first kappa shape index (κ1) is 13.3. The summed E-state index contributed by atoms with van der Waals surface area (Å²) < 4.78 is 5.39. The fourth-order valence-electron chi connectivity index (χ4n) is 2.10. The molecule has 0 aromatic heterocycles. The van der Waals surface area contributed by atoms with Crippen LogP contribution in [0.25, 0.3) is 0 Å². The van der Waals surface area contributed by atoms with Crippen molar-refractivity contribution >= 4 is 6.09 Å². The molecule has 0 unspecified atom stereocenters. The molecule has 0 aromatic carbocycles. The Hall–Kier alpha value is -0.730. The monoisotopic (exact) mass is 227 g/mol. The molecule has 0 aromatic rings. The van der Waals surface area contributed by atoms with Crippen LogP contribution in [0.4, 0.5) is 4.79 Å². The predicted molar refractivity (Wildman–Crippen MR) is 65.4 cm³/mol. The third kappa shape index (κ3) is 3.39. The van der Waals surface area contributed by atoms with Crippen molar-refractivity contribution in [3.8, 4) is 0 Å². The molecule has 0 spiro atoms. The summed E-state index contributed by atoms with van der Waals surface area (Å²) in [7, 11) is 1.86. The van der Waals surface area contributed by atoms with Gasteiger partial charge in [-0.1, -0.05) is 13.8 Å². The molecule has 1 aliphatic rings. The number of amides is 1. The van der Waals surface area contributed by atoms with Crippen LogP contribution < -0.4 is 0 Å². The highest BCUT2D eigenvalue weighted by molar-refractivity contribution is 5.69. The first-order valence-electron chi connectivity index (χ1n) is 6.13. The second-order valence-corrected chi connectivity index (χ2v) is 6.36. The van der Waals surface area contributed by atoms with Crippen LogP contribution in [-0.2, 0) is 4.74 Å². The molecule has 1 aliphatic carbocycles. The van der Waals surface area contributed by atoms with E-state index in [4.69, 9.17) is 4.74 Å². The normalized spacial score (nSPS) is 18.4. The van der Waals surface area contributed by atoms with E-state index in [9.17, 15) is 4.79 Å². The Morgan fingerprint density at radius 1 is 1.38 bits per heavy atom. The number of rotatable bonds is 3. The molecule has 0 radical (unpaired) electrons. The Labute approximate surface area is 99.1 Å². The maximum Gasteiger partial charge on any atom is 0.410 e. The molecular weight excluding hydrogens is 202 g/mol. The van der Waals surface area contributed by atoms with Crippen molar-refractivity contribution in [3.05, 3.63) is 0 Å². The summed E-state index contributed by atoms with van der Waals surface area (Å²) in [5, 5.41) is 0. The van der Waals surface area contributed by atoms with E-state index < -0.39 is 5.60 Å². The molecule has 0 aliphatic heterocycles. The van der Waals surface area contributed by atoms with Gasteiger partial charge >= 0.3 is 6.09 Å². The molecule has 3 nitrogen and oxygen atoms in total. The van der Waals surface area contributed by atoms with E-state index in [1.165, 1.54) is 0 Å². The van der Waals surface area contributed by atoms with Crippen molar-refractivity contribution in [2.75, 3.05) is 7.05 Å². The molecule has 0 atom stereocenters. The molecule has 1 saturated carbocycles. The van der Waals surface area contributed by atoms with Crippen molar-refractivity contribution in [2.24, 2.45) is 5.92 Å². The van der Waals surface area contributed by atoms with Crippen LogP contribution in [0.5, 0.6) is 0 Å². The SMILES string of the molecule is CC(C)CC1(N(C)C(=O)OC(C)(C)C)CC1. The van der Waals surface area contributed by atoms with E-state index in [1.54, 1.807) is 4.90 Å². The zero-order chi connectivity index (χ0) is 12.6. The van der Waals surface area contributed by atoms with Gasteiger partial charge in [-0.2, -0.15) is 0 Å². The van der Waals surface area contributed by atoms with Gasteiger partial charge in [0, 0.05) is 12.6 Å². The maximum absolute atomic E-state index is 11.9. The Kier molecular flexibility index (Phi) is 3.56. The Balaban J connectivity index is 2.57. The number of ether oxygens (including phenoxy) is 1. The number of nitrogens with zero attached hydrogens (tertiary/aromatic N) is 1. The molecule has 16 heavy (non-hydrogen) atoms. The highest BCUT2D eigenvalue weighted by atomic mass is 16.6. The van der Waals surface area contributed by atoms with Crippen molar-refractivity contribution in [1.82, 2.24) is 4.90 Å². The highest BCUT2D eigenvalue weighted by Gasteiger charge is 2.49. The summed E-state index contributed by atoms with van der Waals surface area (Å²) in [6, 6.07) is 0. The molecule has 0 heterocycles. The zero-order valence-electron chi connectivity index (χ0n) is 11.5. The van der Waals surface area contributed by atoms with Crippen molar-refractivity contribution in [3.63, 3.8) is 0 Å². The lowest BCUT2D eigenvalue weighted by atomic mass is 10.0. The van der Waals surface area contributed by atoms with Crippen LogP contribution in [0.1, 0.15) is 53.9 Å². The minimum Gasteiger partial charge on any atom is -0.444 e. The largest absolute Gasteiger partial charge is 0.444 e. The standard InChI is InChI=1S/C13H25NO2/c1-10(2)9-13(7-8-13)14(6)11(15)16-12(3,4)5/h10H,7-9H2,1-6H3. The second-order valence-electron chi connectivity index (χ2n) is 6.36. The summed E-state index contributed by atoms with van der Waals surface area (Å²) >= 11 is 0. The molecule has 1 rings (SSSR count). The van der Waals surface area contributed by atoms with E-state index in [0.29, 0.717) is 5.92 Å². The molecule has 0 bridgehead atoms. The van der Waals surface area contributed by atoms with Crippen molar-refractivity contribution < 1.29 is 9.53 Å². The van der Waals surface area contributed by atoms with Gasteiger partial charge in [0.05, 0.1) is 0 Å². The van der Waals surface area contributed by atoms with E-state index >= 15 is 0 Å². The van der Waals surface area contributed by atoms with E-state index in [1.807, 2.05) is 27.8 Å². The number of carbonyl (C=O) groups excluding carboxylic acids is 1. The molecule has 1 fully saturated rings. The van der Waals surface area contributed by atoms with E-state index in [2.05, 4.69) is 13.8 Å². The summed E-state index contributed by atoms with van der Waals surface area (Å²) in [5.41, 5.74) is -0.324. The van der Waals surface area contributed by atoms with Crippen LogP contribution in [0.2, 0.25) is 0 Å². The van der Waals surface area contributed by atoms with Crippen LogP contribution in [0, 0.1) is 5.92 Å². The highest BCUT2D eigenvalue weighted by Crippen LogP contribution is 2.46. The van der Waals surface area contributed by atoms with Gasteiger partial charge in [0.15, 0.2) is 0 Å². The third-order valence-corrected chi connectivity index (χ3v) is 2.99. The molecule has 0 N–H and O–H groups in total. The van der Waals surface area contributed by atoms with Gasteiger partial charge < -0.3 is 9.64 Å². The average Bonchev–Trinajstić information content (AvgIpc) is 2.80. The molecule has 0 saturated heterocycles. The summed E-state index contributed by atoms with van der Waals surface area (Å²) in [4.78, 5) is 13.7. The summed E-state index contributed by atoms with van der Waals surface area (Å²) in [6.45, 7) is 10.1. The van der Waals surface area contributed by atoms with Gasteiger partial charge in [0.1, 0.15) is 5.60 Å². The van der Waals surface area contributed by atoms with Crippen LogP contribution in [0.15, 0.2) is 0 Å². The van der Waals surface area contributed by atoms with Crippen molar-refractivity contribution in [1.29, 1.82) is 0 Å². The van der Waals surface area contributed by atoms with Gasteiger partial charge in [-0.3, -0.25) is 0 Å². The van der Waals surface area contributed by atoms with Gasteiger partial charge in [-0.05, 0) is 46.0 Å². The van der Waals surface area contributed by atoms with E-state index in [0.717, 1.165) is 19.3 Å². The lowest BCUT2D eigenvalue weighted by Gasteiger charge is -2.31. The Morgan fingerprint density at radius 2 is 1.88 bits per heavy atom. The summed E-state index contributed by atoms with van der Waals surface area (Å²) in [5.74, 6) is 0.618. The van der Waals surface area contributed by atoms with Gasteiger partial charge in [-0.25, -0.2) is 4.79 Å². The number of hydrogen-bond donors (Lipinski definition) is 0. The molecule has 94 valence electrons. The first-order chi connectivity index (χ1) is 7.16. The lowest BCUT2D eigenvalue weighted by molar-refractivity contribution is 0.0174. The fraction of sp³-hybridized carbons (Fsp3) is 0.923. The predicted octanol–water partition coefficient (Wildman–Crippen LogP) is 3.43. The number of hydrogen-bond acceptors (Lipinski definition) is 2. The Bertz CT molecular complexity index is 262. The fourth-order valence-corrected chi connectivity index (χ4v) is 2.10. The second kappa shape index (κ2) is 4.27. The summed E-state index contributed by atoms with van der Waals surface area (Å²) in [6.07, 6.45) is 3.11. The lowest BCUT2D eigenvalue weighted by Crippen LogP contribution is -2.42. The van der Waals surface area contributed by atoms with Crippen LogP contribution in [0.3, 0.4) is 0 Å². The molecule has 1 amide bonds. The average molecular weight is 227 g/mol. The minimum absolute atomic E-state index is 0.0799. The van der Waals surface area contributed by atoms with Gasteiger partial charge in [0.25, 0.3) is 0 Å². The minimum atomic E-state index is -0.404. The third-order valence-electron chi connectivity index (χ3n) is 2.99. The zero-order valence-corrected chi connectivity index (χ0v) is 11.5. The van der Waals surface area contributed by atoms with Crippen LogP contribution >= 0.6 is 0 Å². The van der Waals surface area contributed by atoms with Gasteiger partial charge in [-0.15, -0.1) is 0 Å². The molecule has 3 heteroatoms. The first-order valence-corrected chi connectivity index (χ1v) is 6.13. The maximum atomic E-state index is 11.9. The Morgan fingerprint density at radius 3 is 2.19 bits per heavy atom.